The molecule has 184 valence electrons. The Morgan fingerprint density at radius 3 is 2.61 bits per heavy atom. The maximum absolute atomic E-state index is 13.6. The summed E-state index contributed by atoms with van der Waals surface area (Å²) >= 11 is 0. The lowest BCUT2D eigenvalue weighted by atomic mass is 9.96. The molecule has 2 amide bonds. The minimum atomic E-state index is -0.509. The van der Waals surface area contributed by atoms with Gasteiger partial charge in [0.05, 0.1) is 11.8 Å². The van der Waals surface area contributed by atoms with E-state index in [0.29, 0.717) is 17.9 Å². The van der Waals surface area contributed by atoms with Gasteiger partial charge in [0.2, 0.25) is 6.79 Å². The number of hydrogen-bond acceptors (Lipinski definition) is 5. The summed E-state index contributed by atoms with van der Waals surface area (Å²) in [5.74, 6) is -0.0160. The van der Waals surface area contributed by atoms with E-state index < -0.39 is 11.7 Å². The zero-order valence-corrected chi connectivity index (χ0v) is 20.3. The van der Waals surface area contributed by atoms with Crippen LogP contribution in [0.5, 0.6) is 11.5 Å². The number of nitrogens with zero attached hydrogens (tertiary/aromatic N) is 3. The first-order valence-electron chi connectivity index (χ1n) is 11.7. The summed E-state index contributed by atoms with van der Waals surface area (Å²) in [6, 6.07) is 16.8. The lowest BCUT2D eigenvalue weighted by molar-refractivity contribution is -0.133. The molecule has 0 bridgehead atoms. The van der Waals surface area contributed by atoms with Gasteiger partial charge in [0.1, 0.15) is 12.4 Å². The summed E-state index contributed by atoms with van der Waals surface area (Å²) in [6.45, 7) is 4.04. The molecule has 36 heavy (non-hydrogen) atoms. The molecule has 2 heterocycles. The van der Waals surface area contributed by atoms with E-state index in [0.717, 1.165) is 28.5 Å². The fourth-order valence-electron chi connectivity index (χ4n) is 4.40. The van der Waals surface area contributed by atoms with Crippen molar-refractivity contribution in [1.29, 1.82) is 0 Å². The van der Waals surface area contributed by atoms with E-state index in [9.17, 15) is 14.0 Å². The Morgan fingerprint density at radius 1 is 1.03 bits per heavy atom. The highest BCUT2D eigenvalue weighted by Gasteiger charge is 2.35. The predicted octanol–water partition coefficient (Wildman–Crippen LogP) is 4.62. The van der Waals surface area contributed by atoms with Gasteiger partial charge in [-0.2, -0.15) is 5.10 Å². The molecule has 3 aromatic rings. The molecule has 7 nitrogen and oxygen atoms in total. The summed E-state index contributed by atoms with van der Waals surface area (Å²) in [5, 5.41) is 6.15. The second-order valence-electron chi connectivity index (χ2n) is 9.09. The molecule has 0 unspecified atom stereocenters. The van der Waals surface area contributed by atoms with Gasteiger partial charge in [-0.15, -0.1) is 0 Å². The van der Waals surface area contributed by atoms with E-state index in [-0.39, 0.29) is 30.9 Å². The van der Waals surface area contributed by atoms with Gasteiger partial charge in [0, 0.05) is 19.0 Å². The number of carbonyl (C=O) groups is 2. The van der Waals surface area contributed by atoms with Crippen LogP contribution in [0.3, 0.4) is 0 Å². The van der Waals surface area contributed by atoms with Crippen LogP contribution >= 0.6 is 0 Å². The number of halogens is 1. The molecule has 2 aliphatic heterocycles. The molecule has 0 N–H and O–H groups in total. The highest BCUT2D eigenvalue weighted by atomic mass is 19.1. The SMILES string of the molecule is Cc1ccc(C2=NN(C(=O)CN(C)C(=O)c3cccc(F)c3)[C@H](c3ccc4c(c3)OCO4)C2)cc1C. The number of amides is 2. The predicted molar refractivity (Wildman–Crippen MR) is 133 cm³/mol. The van der Waals surface area contributed by atoms with Gasteiger partial charge in [-0.1, -0.05) is 24.3 Å². The zero-order valence-electron chi connectivity index (χ0n) is 20.3. The molecule has 0 fully saturated rings. The fraction of sp³-hybridized carbons (Fsp3) is 0.250. The van der Waals surface area contributed by atoms with E-state index in [1.807, 2.05) is 44.2 Å². The molecule has 0 radical (unpaired) electrons. The van der Waals surface area contributed by atoms with Crippen molar-refractivity contribution in [2.24, 2.45) is 5.10 Å². The molecule has 0 saturated carbocycles. The molecule has 0 saturated heterocycles. The van der Waals surface area contributed by atoms with Crippen molar-refractivity contribution in [1.82, 2.24) is 9.91 Å². The molecule has 0 aliphatic carbocycles. The van der Waals surface area contributed by atoms with E-state index in [4.69, 9.17) is 14.6 Å². The Bertz CT molecular complexity index is 1390. The number of likely N-dealkylation sites (N-methyl/N-ethyl adjacent to an activating group) is 1. The molecule has 2 aliphatic rings. The summed E-state index contributed by atoms with van der Waals surface area (Å²) in [5.41, 5.74) is 5.08. The van der Waals surface area contributed by atoms with Crippen molar-refractivity contribution >= 4 is 17.5 Å². The van der Waals surface area contributed by atoms with E-state index in [1.54, 1.807) is 0 Å². The quantitative estimate of drug-likeness (QED) is 0.527. The van der Waals surface area contributed by atoms with Gasteiger partial charge in [-0.05, 0) is 72.5 Å². The molecular formula is C28H26FN3O4. The van der Waals surface area contributed by atoms with E-state index in [1.165, 1.54) is 40.7 Å². The third-order valence-electron chi connectivity index (χ3n) is 6.58. The van der Waals surface area contributed by atoms with Crippen LogP contribution < -0.4 is 9.47 Å². The van der Waals surface area contributed by atoms with Crippen LogP contribution in [0.25, 0.3) is 0 Å². The van der Waals surface area contributed by atoms with Gasteiger partial charge in [0.25, 0.3) is 11.8 Å². The number of carbonyl (C=O) groups excluding carboxylic acids is 2. The van der Waals surface area contributed by atoms with Gasteiger partial charge >= 0.3 is 0 Å². The zero-order chi connectivity index (χ0) is 25.4. The summed E-state index contributed by atoms with van der Waals surface area (Å²) in [7, 11) is 1.52. The monoisotopic (exact) mass is 487 g/mol. The van der Waals surface area contributed by atoms with Crippen molar-refractivity contribution in [3.05, 3.63) is 94.3 Å². The van der Waals surface area contributed by atoms with Gasteiger partial charge < -0.3 is 14.4 Å². The molecule has 5 rings (SSSR count). The first-order chi connectivity index (χ1) is 17.3. The summed E-state index contributed by atoms with van der Waals surface area (Å²) in [4.78, 5) is 27.5. The van der Waals surface area contributed by atoms with Gasteiger partial charge in [-0.3, -0.25) is 9.59 Å². The minimum Gasteiger partial charge on any atom is -0.454 e. The van der Waals surface area contributed by atoms with Crippen LogP contribution in [-0.4, -0.2) is 47.8 Å². The normalized spacial score (nSPS) is 16.2. The van der Waals surface area contributed by atoms with Crippen molar-refractivity contribution < 1.29 is 23.5 Å². The van der Waals surface area contributed by atoms with Crippen LogP contribution in [0.4, 0.5) is 4.39 Å². The van der Waals surface area contributed by atoms with Crippen LogP contribution in [-0.2, 0) is 4.79 Å². The Hall–Kier alpha value is -4.20. The topological polar surface area (TPSA) is 71.4 Å². The van der Waals surface area contributed by atoms with Crippen LogP contribution in [0.1, 0.15) is 45.1 Å². The summed E-state index contributed by atoms with van der Waals surface area (Å²) in [6.07, 6.45) is 0.509. The Kier molecular flexibility index (Phi) is 6.18. The average molecular weight is 488 g/mol. The highest BCUT2D eigenvalue weighted by Crippen LogP contribution is 2.39. The second-order valence-corrected chi connectivity index (χ2v) is 9.09. The first-order valence-corrected chi connectivity index (χ1v) is 11.7. The second kappa shape index (κ2) is 9.45. The Morgan fingerprint density at radius 2 is 1.83 bits per heavy atom. The third-order valence-corrected chi connectivity index (χ3v) is 6.58. The van der Waals surface area contributed by atoms with Crippen LogP contribution in [0.15, 0.2) is 65.8 Å². The largest absolute Gasteiger partial charge is 0.454 e. The summed E-state index contributed by atoms with van der Waals surface area (Å²) < 4.78 is 24.6. The third kappa shape index (κ3) is 4.54. The molecule has 8 heteroatoms. The van der Waals surface area contributed by atoms with Crippen molar-refractivity contribution in [3.8, 4) is 11.5 Å². The van der Waals surface area contributed by atoms with Gasteiger partial charge in [-0.25, -0.2) is 9.40 Å². The van der Waals surface area contributed by atoms with Crippen LogP contribution in [0.2, 0.25) is 0 Å². The minimum absolute atomic E-state index is 0.156. The van der Waals surface area contributed by atoms with E-state index >= 15 is 0 Å². The number of rotatable bonds is 5. The molecular weight excluding hydrogens is 461 g/mol. The number of aryl methyl sites for hydroxylation is 2. The van der Waals surface area contributed by atoms with Crippen LogP contribution in [0, 0.1) is 19.7 Å². The highest BCUT2D eigenvalue weighted by molar-refractivity contribution is 6.04. The van der Waals surface area contributed by atoms with Crippen molar-refractivity contribution in [3.63, 3.8) is 0 Å². The lowest BCUT2D eigenvalue weighted by Gasteiger charge is -2.25. The molecule has 0 spiro atoms. The Balaban J connectivity index is 1.43. The Labute approximate surface area is 208 Å². The number of hydrazone groups is 1. The molecule has 1 atom stereocenters. The molecule has 3 aromatic carbocycles. The first kappa shape index (κ1) is 23.5. The standard InChI is InChI=1S/C28H26FN3O4/c1-17-7-8-19(11-18(17)2)23-14-24(20-9-10-25-26(13-20)36-16-35-25)32(30-23)27(33)15-31(3)28(34)21-5-4-6-22(29)12-21/h4-13,24H,14-16H2,1-3H3/t24-/m0/s1. The average Bonchev–Trinajstić information content (AvgIpc) is 3.52. The molecule has 0 aromatic heterocycles. The maximum Gasteiger partial charge on any atom is 0.262 e. The lowest BCUT2D eigenvalue weighted by Crippen LogP contribution is -2.39. The number of ether oxygens (including phenoxy) is 2. The maximum atomic E-state index is 13.6. The van der Waals surface area contributed by atoms with Crippen molar-refractivity contribution in [2.45, 2.75) is 26.3 Å². The number of benzene rings is 3. The number of hydrogen-bond donors (Lipinski definition) is 0. The van der Waals surface area contributed by atoms with Gasteiger partial charge in [0.15, 0.2) is 11.5 Å². The van der Waals surface area contributed by atoms with E-state index in [2.05, 4.69) is 6.07 Å². The number of fused-ring (bicyclic) bond motifs is 1. The van der Waals surface area contributed by atoms with Crippen molar-refractivity contribution in [2.75, 3.05) is 20.4 Å². The smallest absolute Gasteiger partial charge is 0.262 e. The fourth-order valence-corrected chi connectivity index (χ4v) is 4.40.